The minimum atomic E-state index is -0.220. The molecule has 1 amide bonds. The summed E-state index contributed by atoms with van der Waals surface area (Å²) in [6.45, 7) is 7.23. The molecule has 3 saturated heterocycles. The van der Waals surface area contributed by atoms with E-state index < -0.39 is 0 Å². The molecular formula is C23H34N2O4. The van der Waals surface area contributed by atoms with E-state index in [0.29, 0.717) is 12.3 Å². The molecule has 1 aromatic carbocycles. The van der Waals surface area contributed by atoms with Gasteiger partial charge in [-0.3, -0.25) is 9.69 Å². The van der Waals surface area contributed by atoms with Crippen molar-refractivity contribution in [2.75, 3.05) is 39.3 Å². The van der Waals surface area contributed by atoms with Crippen molar-refractivity contribution in [1.29, 1.82) is 0 Å². The molecule has 0 aromatic heterocycles. The lowest BCUT2D eigenvalue weighted by Gasteiger charge is -2.39. The Morgan fingerprint density at radius 1 is 1.21 bits per heavy atom. The van der Waals surface area contributed by atoms with Crippen LogP contribution < -0.4 is 0 Å². The molecule has 3 aliphatic heterocycles. The first kappa shape index (κ1) is 20.6. The standard InChI is InChI=1S/C23H34N2O4/c1-17-6-9-24(15-21(17)27)14-20-13-23(16-29-20)7-10-25(11-8-23)22(28)12-18-2-4-19(26)5-3-18/h2-5,17,20-21,26-27H,6-16H2,1H3/t17-,20+,21-/m1/s1. The van der Waals surface area contributed by atoms with Gasteiger partial charge in [0.05, 0.1) is 25.2 Å². The molecule has 0 bridgehead atoms. The summed E-state index contributed by atoms with van der Waals surface area (Å²) in [5.74, 6) is 0.786. The Hall–Kier alpha value is -1.63. The second kappa shape index (κ2) is 8.62. The van der Waals surface area contributed by atoms with Gasteiger partial charge in [0, 0.05) is 26.2 Å². The maximum Gasteiger partial charge on any atom is 0.226 e. The number of aliphatic hydroxyl groups excluding tert-OH is 1. The number of β-amino-alcohol motifs (C(OH)–C–C–N with tert-alkyl or cyclic N) is 1. The molecule has 3 atom stereocenters. The van der Waals surface area contributed by atoms with Gasteiger partial charge >= 0.3 is 0 Å². The number of nitrogens with zero attached hydrogens (tertiary/aromatic N) is 2. The Morgan fingerprint density at radius 3 is 2.62 bits per heavy atom. The van der Waals surface area contributed by atoms with E-state index in [-0.39, 0.29) is 29.3 Å². The van der Waals surface area contributed by atoms with Crippen LogP contribution in [0.1, 0.15) is 38.2 Å². The summed E-state index contributed by atoms with van der Waals surface area (Å²) in [6.07, 6.45) is 4.54. The largest absolute Gasteiger partial charge is 0.508 e. The van der Waals surface area contributed by atoms with Crippen LogP contribution in [0, 0.1) is 11.3 Å². The monoisotopic (exact) mass is 402 g/mol. The molecule has 160 valence electrons. The van der Waals surface area contributed by atoms with Crippen molar-refractivity contribution >= 4 is 5.91 Å². The predicted molar refractivity (Wildman–Crippen MR) is 111 cm³/mol. The Morgan fingerprint density at radius 2 is 1.93 bits per heavy atom. The molecule has 0 saturated carbocycles. The Kier molecular flexibility index (Phi) is 6.13. The number of carbonyl (C=O) groups excluding carboxylic acids is 1. The number of hydrogen-bond acceptors (Lipinski definition) is 5. The van der Waals surface area contributed by atoms with Crippen LogP contribution in [0.3, 0.4) is 0 Å². The number of phenols is 1. The zero-order valence-electron chi connectivity index (χ0n) is 17.4. The number of benzene rings is 1. The fourth-order valence-electron chi connectivity index (χ4n) is 5.06. The van der Waals surface area contributed by atoms with Crippen LogP contribution in [-0.2, 0) is 16.0 Å². The number of aliphatic hydroxyl groups is 1. The Balaban J connectivity index is 1.24. The SMILES string of the molecule is C[C@@H]1CCN(C[C@@H]2CC3(CCN(C(=O)Cc4ccc(O)cc4)CC3)CO2)C[C@H]1O. The third-order valence-electron chi connectivity index (χ3n) is 7.22. The third-order valence-corrected chi connectivity index (χ3v) is 7.22. The summed E-state index contributed by atoms with van der Waals surface area (Å²) in [7, 11) is 0. The second-order valence-electron chi connectivity index (χ2n) is 9.45. The highest BCUT2D eigenvalue weighted by molar-refractivity contribution is 5.78. The van der Waals surface area contributed by atoms with E-state index in [1.165, 1.54) is 0 Å². The van der Waals surface area contributed by atoms with E-state index in [0.717, 1.165) is 70.6 Å². The summed E-state index contributed by atoms with van der Waals surface area (Å²) >= 11 is 0. The molecule has 6 heteroatoms. The van der Waals surface area contributed by atoms with Gasteiger partial charge in [0.1, 0.15) is 5.75 Å². The van der Waals surface area contributed by atoms with Crippen LogP contribution in [0.2, 0.25) is 0 Å². The smallest absolute Gasteiger partial charge is 0.226 e. The maximum atomic E-state index is 12.6. The lowest BCUT2D eigenvalue weighted by atomic mass is 9.76. The highest BCUT2D eigenvalue weighted by atomic mass is 16.5. The summed E-state index contributed by atoms with van der Waals surface area (Å²) in [5.41, 5.74) is 1.15. The predicted octanol–water partition coefficient (Wildman–Crippen LogP) is 2.04. The van der Waals surface area contributed by atoms with Gasteiger partial charge < -0.3 is 19.8 Å². The zero-order valence-corrected chi connectivity index (χ0v) is 17.4. The molecule has 1 spiro atoms. The lowest BCUT2D eigenvalue weighted by molar-refractivity contribution is -0.132. The zero-order chi connectivity index (χ0) is 20.4. The first-order valence-electron chi connectivity index (χ1n) is 11.0. The minimum absolute atomic E-state index is 0.164. The molecule has 3 heterocycles. The van der Waals surface area contributed by atoms with Crippen LogP contribution in [0.25, 0.3) is 0 Å². The van der Waals surface area contributed by atoms with Crippen molar-refractivity contribution in [2.24, 2.45) is 11.3 Å². The Labute approximate surface area is 173 Å². The van der Waals surface area contributed by atoms with E-state index in [2.05, 4.69) is 11.8 Å². The van der Waals surface area contributed by atoms with E-state index in [9.17, 15) is 15.0 Å². The number of aromatic hydroxyl groups is 1. The van der Waals surface area contributed by atoms with Crippen LogP contribution in [0.5, 0.6) is 5.75 Å². The number of hydrogen-bond donors (Lipinski definition) is 2. The van der Waals surface area contributed by atoms with Gasteiger partial charge in [0.25, 0.3) is 0 Å². The van der Waals surface area contributed by atoms with Crippen LogP contribution >= 0.6 is 0 Å². The molecule has 29 heavy (non-hydrogen) atoms. The normalized spacial score (nSPS) is 30.0. The van der Waals surface area contributed by atoms with Crippen molar-refractivity contribution < 1.29 is 19.7 Å². The molecule has 0 radical (unpaired) electrons. The second-order valence-corrected chi connectivity index (χ2v) is 9.45. The van der Waals surface area contributed by atoms with Crippen molar-refractivity contribution in [2.45, 2.75) is 51.2 Å². The van der Waals surface area contributed by atoms with Crippen molar-refractivity contribution in [1.82, 2.24) is 9.80 Å². The van der Waals surface area contributed by atoms with Gasteiger partial charge in [-0.05, 0) is 61.3 Å². The highest BCUT2D eigenvalue weighted by Crippen LogP contribution is 2.42. The molecule has 3 aliphatic rings. The minimum Gasteiger partial charge on any atom is -0.508 e. The van der Waals surface area contributed by atoms with Crippen LogP contribution in [0.4, 0.5) is 0 Å². The summed E-state index contributed by atoms with van der Waals surface area (Å²) in [5, 5.41) is 19.5. The fraction of sp³-hybridized carbons (Fsp3) is 0.696. The summed E-state index contributed by atoms with van der Waals surface area (Å²) in [6, 6.07) is 6.89. The first-order chi connectivity index (χ1) is 13.9. The number of amides is 1. The lowest BCUT2D eigenvalue weighted by Crippen LogP contribution is -2.46. The molecule has 6 nitrogen and oxygen atoms in total. The molecule has 1 aromatic rings. The number of carbonyl (C=O) groups is 1. The first-order valence-corrected chi connectivity index (χ1v) is 11.0. The molecular weight excluding hydrogens is 368 g/mol. The quantitative estimate of drug-likeness (QED) is 0.806. The van der Waals surface area contributed by atoms with E-state index >= 15 is 0 Å². The van der Waals surface area contributed by atoms with Gasteiger partial charge in [0.15, 0.2) is 0 Å². The van der Waals surface area contributed by atoms with E-state index in [1.54, 1.807) is 12.1 Å². The highest BCUT2D eigenvalue weighted by Gasteiger charge is 2.43. The van der Waals surface area contributed by atoms with Crippen molar-refractivity contribution in [3.05, 3.63) is 29.8 Å². The average Bonchev–Trinajstić information content (AvgIpc) is 3.09. The number of phenolic OH excluding ortho intramolecular Hbond substituents is 1. The van der Waals surface area contributed by atoms with Gasteiger partial charge in [0.2, 0.25) is 5.91 Å². The number of rotatable bonds is 4. The van der Waals surface area contributed by atoms with Crippen molar-refractivity contribution in [3.8, 4) is 5.75 Å². The van der Waals surface area contributed by atoms with Crippen LogP contribution in [0.15, 0.2) is 24.3 Å². The summed E-state index contributed by atoms with van der Waals surface area (Å²) in [4.78, 5) is 17.0. The van der Waals surface area contributed by atoms with E-state index in [1.807, 2.05) is 17.0 Å². The van der Waals surface area contributed by atoms with Crippen LogP contribution in [-0.4, -0.2) is 77.5 Å². The third kappa shape index (κ3) is 4.93. The van der Waals surface area contributed by atoms with Gasteiger partial charge in [-0.1, -0.05) is 19.1 Å². The number of likely N-dealkylation sites (tertiary alicyclic amines) is 2. The van der Waals surface area contributed by atoms with Gasteiger partial charge in [-0.25, -0.2) is 0 Å². The maximum absolute atomic E-state index is 12.6. The number of ether oxygens (including phenoxy) is 1. The van der Waals surface area contributed by atoms with E-state index in [4.69, 9.17) is 4.74 Å². The molecule has 0 aliphatic carbocycles. The fourth-order valence-corrected chi connectivity index (χ4v) is 5.06. The average molecular weight is 403 g/mol. The number of piperidine rings is 2. The Bertz CT molecular complexity index is 699. The molecule has 2 N–H and O–H groups in total. The molecule has 3 fully saturated rings. The summed E-state index contributed by atoms with van der Waals surface area (Å²) < 4.78 is 6.16. The topological polar surface area (TPSA) is 73.2 Å². The van der Waals surface area contributed by atoms with Crippen molar-refractivity contribution in [3.63, 3.8) is 0 Å². The molecule has 0 unspecified atom stereocenters. The molecule has 4 rings (SSSR count). The van der Waals surface area contributed by atoms with Gasteiger partial charge in [-0.15, -0.1) is 0 Å². The van der Waals surface area contributed by atoms with Gasteiger partial charge in [-0.2, -0.15) is 0 Å².